The van der Waals surface area contributed by atoms with Gasteiger partial charge in [-0.05, 0) is 71.0 Å². The number of halogens is 1. The van der Waals surface area contributed by atoms with Crippen LogP contribution in [0.2, 0.25) is 0 Å². The molecule has 244 valence electrons. The number of likely N-dealkylation sites (N-methyl/N-ethyl adjacent to an activating group) is 1. The molecule has 6 rings (SSSR count). The van der Waals surface area contributed by atoms with Gasteiger partial charge >= 0.3 is 0 Å². The van der Waals surface area contributed by atoms with E-state index < -0.39 is 17.3 Å². The lowest BCUT2D eigenvalue weighted by molar-refractivity contribution is 0.0630. The number of aromatic nitrogens is 4. The number of nitrogens with one attached hydrogen (secondary N) is 1. The number of anilines is 2. The SMILES string of the molecule is COc1ccncc1-c1nc(C)cc(C(=O)Nc2nc3ccc(N4CCC(N5CCN(C)CC5)CC4)cc3n2CC(C)(C)O)c1F. The fourth-order valence-corrected chi connectivity index (χ4v) is 6.53. The van der Waals surface area contributed by atoms with Crippen molar-refractivity contribution in [2.45, 2.75) is 51.8 Å². The zero-order valence-corrected chi connectivity index (χ0v) is 27.3. The van der Waals surface area contributed by atoms with Crippen molar-refractivity contribution in [1.82, 2.24) is 29.3 Å². The van der Waals surface area contributed by atoms with Crippen LogP contribution >= 0.6 is 0 Å². The van der Waals surface area contributed by atoms with Crippen LogP contribution in [0.15, 0.2) is 42.7 Å². The molecule has 3 aromatic heterocycles. The second kappa shape index (κ2) is 12.9. The number of benzene rings is 1. The number of piperazine rings is 1. The van der Waals surface area contributed by atoms with Gasteiger partial charge in [-0.2, -0.15) is 0 Å². The fourth-order valence-electron chi connectivity index (χ4n) is 6.53. The predicted molar refractivity (Wildman–Crippen MR) is 177 cm³/mol. The minimum Gasteiger partial charge on any atom is -0.496 e. The van der Waals surface area contributed by atoms with Crippen molar-refractivity contribution < 1.29 is 19.0 Å². The Morgan fingerprint density at radius 1 is 1.09 bits per heavy atom. The maximum absolute atomic E-state index is 15.9. The van der Waals surface area contributed by atoms with E-state index in [9.17, 15) is 9.90 Å². The molecule has 2 aliphatic rings. The zero-order chi connectivity index (χ0) is 32.6. The third-order valence-electron chi connectivity index (χ3n) is 8.97. The van der Waals surface area contributed by atoms with Crippen LogP contribution in [-0.2, 0) is 6.54 Å². The molecule has 46 heavy (non-hydrogen) atoms. The summed E-state index contributed by atoms with van der Waals surface area (Å²) >= 11 is 0. The highest BCUT2D eigenvalue weighted by atomic mass is 19.1. The van der Waals surface area contributed by atoms with Crippen molar-refractivity contribution in [3.05, 3.63) is 59.8 Å². The van der Waals surface area contributed by atoms with Crippen molar-refractivity contribution in [2.24, 2.45) is 0 Å². The van der Waals surface area contributed by atoms with E-state index >= 15 is 4.39 Å². The summed E-state index contributed by atoms with van der Waals surface area (Å²) in [5.74, 6) is -0.848. The van der Waals surface area contributed by atoms with Crippen molar-refractivity contribution in [1.29, 1.82) is 0 Å². The molecule has 1 aromatic carbocycles. The van der Waals surface area contributed by atoms with Gasteiger partial charge in [-0.15, -0.1) is 0 Å². The summed E-state index contributed by atoms with van der Waals surface area (Å²) < 4.78 is 23.1. The van der Waals surface area contributed by atoms with Crippen LogP contribution in [0.4, 0.5) is 16.0 Å². The molecular formula is C34H43FN8O3. The number of pyridine rings is 2. The van der Waals surface area contributed by atoms with E-state index in [4.69, 9.17) is 9.72 Å². The number of rotatable bonds is 8. The van der Waals surface area contributed by atoms with Crippen LogP contribution in [0.5, 0.6) is 5.75 Å². The summed E-state index contributed by atoms with van der Waals surface area (Å²) in [6, 6.07) is 9.70. The fraction of sp³-hybridized carbons (Fsp3) is 0.471. The number of amides is 1. The number of hydrogen-bond acceptors (Lipinski definition) is 9. The minimum atomic E-state index is -1.10. The zero-order valence-electron chi connectivity index (χ0n) is 27.3. The van der Waals surface area contributed by atoms with Crippen LogP contribution in [0, 0.1) is 12.7 Å². The van der Waals surface area contributed by atoms with Gasteiger partial charge in [0, 0.05) is 69.1 Å². The molecule has 4 aromatic rings. The molecule has 0 unspecified atom stereocenters. The second-order valence-electron chi connectivity index (χ2n) is 13.1. The van der Waals surface area contributed by atoms with Gasteiger partial charge in [-0.25, -0.2) is 14.4 Å². The molecule has 0 spiro atoms. The molecule has 0 saturated carbocycles. The molecule has 2 fully saturated rings. The normalized spacial score (nSPS) is 17.1. The average Bonchev–Trinajstić information content (AvgIpc) is 3.36. The lowest BCUT2D eigenvalue weighted by Crippen LogP contribution is -2.52. The quantitative estimate of drug-likeness (QED) is 0.296. The number of imidazole rings is 1. The molecule has 0 atom stereocenters. The van der Waals surface area contributed by atoms with Gasteiger partial charge in [0.15, 0.2) is 5.82 Å². The number of aryl methyl sites for hydroxylation is 1. The number of ether oxygens (including phenoxy) is 1. The van der Waals surface area contributed by atoms with Crippen molar-refractivity contribution in [2.75, 3.05) is 63.6 Å². The second-order valence-corrected chi connectivity index (χ2v) is 13.1. The average molecular weight is 631 g/mol. The summed E-state index contributed by atoms with van der Waals surface area (Å²) in [6.07, 6.45) is 5.21. The molecule has 11 nitrogen and oxygen atoms in total. The molecule has 1 amide bonds. The van der Waals surface area contributed by atoms with Crippen LogP contribution in [0.3, 0.4) is 0 Å². The Morgan fingerprint density at radius 2 is 1.83 bits per heavy atom. The van der Waals surface area contributed by atoms with Crippen LogP contribution in [0.25, 0.3) is 22.3 Å². The van der Waals surface area contributed by atoms with Crippen LogP contribution < -0.4 is 15.0 Å². The molecule has 0 aliphatic carbocycles. The monoisotopic (exact) mass is 630 g/mol. The minimum absolute atomic E-state index is 0.0267. The summed E-state index contributed by atoms with van der Waals surface area (Å²) in [5, 5.41) is 13.7. The highest BCUT2D eigenvalue weighted by molar-refractivity contribution is 6.05. The first-order valence-electron chi connectivity index (χ1n) is 15.9. The van der Waals surface area contributed by atoms with E-state index in [-0.39, 0.29) is 23.8 Å². The van der Waals surface area contributed by atoms with Gasteiger partial charge in [-0.3, -0.25) is 20.0 Å². The van der Waals surface area contributed by atoms with Gasteiger partial charge in [0.2, 0.25) is 5.95 Å². The topological polar surface area (TPSA) is 112 Å². The van der Waals surface area contributed by atoms with E-state index in [1.807, 2.05) is 6.07 Å². The lowest BCUT2D eigenvalue weighted by atomic mass is 10.0. The molecular weight excluding hydrogens is 587 g/mol. The third kappa shape index (κ3) is 6.69. The number of hydrogen-bond donors (Lipinski definition) is 2. The van der Waals surface area contributed by atoms with Crippen molar-refractivity contribution in [3.63, 3.8) is 0 Å². The van der Waals surface area contributed by atoms with Crippen molar-refractivity contribution in [3.8, 4) is 17.0 Å². The lowest BCUT2D eigenvalue weighted by Gasteiger charge is -2.42. The summed E-state index contributed by atoms with van der Waals surface area (Å²) in [6.45, 7) is 11.7. The van der Waals surface area contributed by atoms with E-state index in [1.165, 1.54) is 19.4 Å². The number of carbonyl (C=O) groups is 1. The Kier molecular flexibility index (Phi) is 8.95. The van der Waals surface area contributed by atoms with Gasteiger partial charge < -0.3 is 24.2 Å². The molecule has 2 saturated heterocycles. The molecule has 2 N–H and O–H groups in total. The van der Waals surface area contributed by atoms with Crippen LogP contribution in [-0.4, -0.2) is 105 Å². The molecule has 0 bridgehead atoms. The van der Waals surface area contributed by atoms with E-state index in [0.29, 0.717) is 28.6 Å². The maximum atomic E-state index is 15.9. The van der Waals surface area contributed by atoms with E-state index in [0.717, 1.165) is 63.3 Å². The molecule has 5 heterocycles. The van der Waals surface area contributed by atoms with Gasteiger partial charge in [0.05, 0.1) is 41.4 Å². The third-order valence-corrected chi connectivity index (χ3v) is 8.97. The number of carbonyl (C=O) groups excluding carboxylic acids is 1. The predicted octanol–water partition coefficient (Wildman–Crippen LogP) is 4.19. The number of methoxy groups -OCH3 is 1. The summed E-state index contributed by atoms with van der Waals surface area (Å²) in [5.41, 5.74) is 2.01. The van der Waals surface area contributed by atoms with E-state index in [1.54, 1.807) is 37.6 Å². The number of nitrogens with zero attached hydrogens (tertiary/aromatic N) is 7. The standard InChI is InChI=1S/C34H43FN8O3/c1-22-18-25(30(35)31(37-22)26-20-36-11-8-29(26)46-5)32(44)39-33-38-27-7-6-24(19-28(27)43(33)21-34(2,3)45)41-12-9-23(10-13-41)42-16-14-40(4)15-17-42/h6-8,11,18-20,23,45H,9-10,12-17,21H2,1-5H3,(H,38,39,44). The number of piperidine rings is 1. The summed E-state index contributed by atoms with van der Waals surface area (Å²) in [7, 11) is 3.67. The Hall–Kier alpha value is -4.13. The smallest absolute Gasteiger partial charge is 0.261 e. The van der Waals surface area contributed by atoms with Gasteiger partial charge in [0.25, 0.3) is 5.91 Å². The van der Waals surface area contributed by atoms with Crippen LogP contribution in [0.1, 0.15) is 42.7 Å². The Morgan fingerprint density at radius 3 is 2.52 bits per heavy atom. The maximum Gasteiger partial charge on any atom is 0.261 e. The largest absolute Gasteiger partial charge is 0.496 e. The molecule has 0 radical (unpaired) electrons. The first kappa shape index (κ1) is 31.8. The molecule has 2 aliphatic heterocycles. The van der Waals surface area contributed by atoms with E-state index in [2.05, 4.69) is 49.2 Å². The number of fused-ring (bicyclic) bond motifs is 1. The summed E-state index contributed by atoms with van der Waals surface area (Å²) in [4.78, 5) is 34.2. The van der Waals surface area contributed by atoms with Gasteiger partial charge in [0.1, 0.15) is 11.4 Å². The Labute approximate surface area is 269 Å². The first-order valence-corrected chi connectivity index (χ1v) is 15.9. The van der Waals surface area contributed by atoms with Crippen molar-refractivity contribution >= 4 is 28.6 Å². The Bertz CT molecular complexity index is 1720. The number of aliphatic hydroxyl groups is 1. The highest BCUT2D eigenvalue weighted by Gasteiger charge is 2.28. The Balaban J connectivity index is 1.27. The first-order chi connectivity index (χ1) is 22.0. The van der Waals surface area contributed by atoms with Gasteiger partial charge in [-0.1, -0.05) is 0 Å². The molecule has 12 heteroatoms. The highest BCUT2D eigenvalue weighted by Crippen LogP contribution is 2.33.